The number of amidine groups is 1. The van der Waals surface area contributed by atoms with Crippen molar-refractivity contribution in [2.24, 2.45) is 4.99 Å². The number of carbonyl (C=O) groups excluding carboxylic acids is 2. The fourth-order valence-electron chi connectivity index (χ4n) is 3.21. The van der Waals surface area contributed by atoms with E-state index in [2.05, 4.69) is 30.2 Å². The van der Waals surface area contributed by atoms with Crippen molar-refractivity contribution < 1.29 is 14.2 Å². The van der Waals surface area contributed by atoms with Gasteiger partial charge in [-0.05, 0) is 25.8 Å². The molecule has 0 saturated carbocycles. The Hall–Kier alpha value is -2.70. The number of aryl methyl sites for hydroxylation is 1. The summed E-state index contributed by atoms with van der Waals surface area (Å²) in [5, 5.41) is 3.39. The number of fused-ring (bicyclic) bond motifs is 1. The lowest BCUT2D eigenvalue weighted by Crippen LogP contribution is -2.61. The van der Waals surface area contributed by atoms with Gasteiger partial charge < -0.3 is 0 Å². The maximum Gasteiger partial charge on any atom is 0.390 e. The number of guanidine groups is 1. The minimum atomic E-state index is -0.588. The Morgan fingerprint density at radius 2 is 2.00 bits per heavy atom. The molecule has 26 heavy (non-hydrogen) atoms. The predicted octanol–water partition coefficient (Wildman–Crippen LogP) is 1.56. The first-order valence-electron chi connectivity index (χ1n) is 8.93. The van der Waals surface area contributed by atoms with Crippen molar-refractivity contribution >= 4 is 23.7 Å². The zero-order valence-electron chi connectivity index (χ0n) is 16.0. The van der Waals surface area contributed by atoms with Gasteiger partial charge in [0.05, 0.1) is 12.6 Å². The normalized spacial score (nSPS) is 21.1. The summed E-state index contributed by atoms with van der Waals surface area (Å²) >= 11 is 0. The number of likely N-dealkylation sites (N-methyl/N-ethyl adjacent to an activating group) is 2. The summed E-state index contributed by atoms with van der Waals surface area (Å²) in [4.78, 5) is 32.4. The highest BCUT2D eigenvalue weighted by Crippen LogP contribution is 2.20. The Labute approximate surface area is 154 Å². The molecule has 2 heterocycles. The van der Waals surface area contributed by atoms with Crippen LogP contribution in [-0.2, 0) is 11.3 Å². The van der Waals surface area contributed by atoms with Crippen LogP contribution in [0, 0.1) is 6.92 Å². The number of amides is 3. The number of aliphatic imine (C=N–C) groups is 1. The first-order valence-corrected chi connectivity index (χ1v) is 8.93. The van der Waals surface area contributed by atoms with Crippen LogP contribution in [0.5, 0.6) is 0 Å². The third-order valence-corrected chi connectivity index (χ3v) is 4.95. The van der Waals surface area contributed by atoms with Crippen LogP contribution in [0.25, 0.3) is 0 Å². The molecule has 2 aliphatic rings. The molecule has 1 aromatic rings. The fraction of sp³-hybridized carbons (Fsp3) is 0.474. The Kier molecular flexibility index (Phi) is 4.80. The smallest absolute Gasteiger partial charge is 0.272 e. The summed E-state index contributed by atoms with van der Waals surface area (Å²) in [6, 6.07) is 7.46. The molecule has 1 aromatic carbocycles. The van der Waals surface area contributed by atoms with E-state index in [1.165, 1.54) is 22.4 Å². The van der Waals surface area contributed by atoms with Gasteiger partial charge in [0.25, 0.3) is 5.91 Å². The lowest BCUT2D eigenvalue weighted by Gasteiger charge is -2.31. The third-order valence-electron chi connectivity index (χ3n) is 4.95. The molecule has 138 valence electrons. The molecule has 1 N–H and O–H groups in total. The van der Waals surface area contributed by atoms with Gasteiger partial charge in [-0.3, -0.25) is 19.9 Å². The van der Waals surface area contributed by atoms with Gasteiger partial charge in [0.1, 0.15) is 0 Å². The number of imide groups is 1. The summed E-state index contributed by atoms with van der Waals surface area (Å²) in [6.45, 7) is 6.75. The van der Waals surface area contributed by atoms with E-state index < -0.39 is 6.04 Å². The highest BCUT2D eigenvalue weighted by Gasteiger charge is 2.51. The first kappa shape index (κ1) is 18.1. The Morgan fingerprint density at radius 3 is 2.65 bits per heavy atom. The Balaban J connectivity index is 2.02. The highest BCUT2D eigenvalue weighted by atomic mass is 16.2. The second kappa shape index (κ2) is 6.90. The van der Waals surface area contributed by atoms with Crippen LogP contribution >= 0.6 is 0 Å². The zero-order valence-corrected chi connectivity index (χ0v) is 16.0. The van der Waals surface area contributed by atoms with Crippen molar-refractivity contribution in [1.82, 2.24) is 15.1 Å². The number of hydrogen-bond acceptors (Lipinski definition) is 4. The molecule has 2 atom stereocenters. The summed E-state index contributed by atoms with van der Waals surface area (Å²) in [7, 11) is 3.18. The number of benzene rings is 1. The maximum atomic E-state index is 12.8. The maximum absolute atomic E-state index is 12.8. The van der Waals surface area contributed by atoms with Crippen LogP contribution in [-0.4, -0.2) is 64.3 Å². The molecule has 0 aromatic heterocycles. The van der Waals surface area contributed by atoms with Crippen LogP contribution in [0.3, 0.4) is 0 Å². The molecule has 0 spiro atoms. The largest absolute Gasteiger partial charge is 0.390 e. The van der Waals surface area contributed by atoms with Crippen molar-refractivity contribution in [3.63, 3.8) is 0 Å². The zero-order chi connectivity index (χ0) is 19.0. The molecular weight excluding hydrogens is 330 g/mol. The van der Waals surface area contributed by atoms with Gasteiger partial charge in [-0.15, -0.1) is 0 Å². The topological polar surface area (TPSA) is 68.0 Å². The first-order chi connectivity index (χ1) is 12.3. The van der Waals surface area contributed by atoms with Gasteiger partial charge in [-0.2, -0.15) is 0 Å². The second-order valence-electron chi connectivity index (χ2n) is 7.01. The molecule has 1 saturated heterocycles. The fourth-order valence-corrected chi connectivity index (χ4v) is 3.21. The summed E-state index contributed by atoms with van der Waals surface area (Å²) in [5.41, 5.74) is 2.26. The monoisotopic (exact) mass is 356 g/mol. The number of urea groups is 1. The minimum Gasteiger partial charge on any atom is -0.272 e. The van der Waals surface area contributed by atoms with E-state index in [4.69, 9.17) is 0 Å². The van der Waals surface area contributed by atoms with Crippen molar-refractivity contribution in [2.45, 2.75) is 45.8 Å². The number of carbonyl (C=O) groups is 2. The SMILES string of the molecule is CCC(C)NC1=[N+](Cc2cccc(C)c2)C2C(=O)N(C)C(=O)N(C)C2=N1. The molecule has 2 unspecified atom stereocenters. The van der Waals surface area contributed by atoms with E-state index in [0.717, 1.165) is 12.0 Å². The molecule has 0 bridgehead atoms. The number of hydrogen-bond donors (Lipinski definition) is 1. The molecule has 3 rings (SSSR count). The van der Waals surface area contributed by atoms with E-state index in [-0.39, 0.29) is 18.0 Å². The van der Waals surface area contributed by atoms with E-state index >= 15 is 0 Å². The number of rotatable bonds is 4. The van der Waals surface area contributed by atoms with Gasteiger partial charge in [-0.25, -0.2) is 9.37 Å². The van der Waals surface area contributed by atoms with Crippen molar-refractivity contribution in [1.29, 1.82) is 0 Å². The van der Waals surface area contributed by atoms with Crippen molar-refractivity contribution in [2.75, 3.05) is 14.1 Å². The van der Waals surface area contributed by atoms with Crippen LogP contribution in [0.15, 0.2) is 29.3 Å². The summed E-state index contributed by atoms with van der Waals surface area (Å²) < 4.78 is 1.96. The Morgan fingerprint density at radius 1 is 1.27 bits per heavy atom. The van der Waals surface area contributed by atoms with Gasteiger partial charge in [-0.1, -0.05) is 41.7 Å². The van der Waals surface area contributed by atoms with Crippen molar-refractivity contribution in [3.05, 3.63) is 35.4 Å². The second-order valence-corrected chi connectivity index (χ2v) is 7.01. The molecule has 7 nitrogen and oxygen atoms in total. The quantitative estimate of drug-likeness (QED) is 0.833. The average molecular weight is 356 g/mol. The average Bonchev–Trinajstić information content (AvgIpc) is 2.96. The van der Waals surface area contributed by atoms with Crippen LogP contribution in [0.1, 0.15) is 31.4 Å². The third kappa shape index (κ3) is 3.09. The van der Waals surface area contributed by atoms with Crippen LogP contribution < -0.4 is 5.32 Å². The van der Waals surface area contributed by atoms with Gasteiger partial charge in [0.15, 0.2) is 0 Å². The van der Waals surface area contributed by atoms with Crippen LogP contribution in [0.2, 0.25) is 0 Å². The van der Waals surface area contributed by atoms with E-state index in [0.29, 0.717) is 18.3 Å². The molecule has 1 fully saturated rings. The minimum absolute atomic E-state index is 0.211. The molecule has 3 amide bonds. The molecule has 0 radical (unpaired) electrons. The lowest BCUT2D eigenvalue weighted by molar-refractivity contribution is -0.553. The highest BCUT2D eigenvalue weighted by molar-refractivity contribution is 6.22. The van der Waals surface area contributed by atoms with E-state index in [1.807, 2.05) is 29.7 Å². The van der Waals surface area contributed by atoms with E-state index in [1.54, 1.807) is 7.05 Å². The molecule has 7 heteroatoms. The number of nitrogens with zero attached hydrogens (tertiary/aromatic N) is 4. The molecular formula is C19H26N5O2+. The van der Waals surface area contributed by atoms with Gasteiger partial charge in [0, 0.05) is 14.1 Å². The predicted molar refractivity (Wildman–Crippen MR) is 100 cm³/mol. The molecule has 0 aliphatic carbocycles. The Bertz CT molecular complexity index is 814. The lowest BCUT2D eigenvalue weighted by atomic mass is 10.1. The molecule has 2 aliphatic heterocycles. The number of nitrogens with one attached hydrogen (secondary N) is 1. The summed E-state index contributed by atoms with van der Waals surface area (Å²) in [6.07, 6.45) is 0.930. The standard InChI is InChI=1S/C19H25N5O2/c1-6-13(3)20-18-21-16-15(17(25)23(5)19(26)22(16)4)24(18)11-14-9-7-8-12(2)10-14/h7-10,13,15H,6,11H2,1-5H3/p+1. The van der Waals surface area contributed by atoms with Gasteiger partial charge >= 0.3 is 12.0 Å². The van der Waals surface area contributed by atoms with E-state index in [9.17, 15) is 9.59 Å². The van der Waals surface area contributed by atoms with Crippen LogP contribution in [0.4, 0.5) is 4.79 Å². The summed E-state index contributed by atoms with van der Waals surface area (Å²) in [5.74, 6) is 0.876. The van der Waals surface area contributed by atoms with Gasteiger partial charge in [0.2, 0.25) is 11.9 Å². The van der Waals surface area contributed by atoms with Crippen molar-refractivity contribution in [3.8, 4) is 0 Å².